The minimum absolute atomic E-state index is 0.0216. The summed E-state index contributed by atoms with van der Waals surface area (Å²) in [6.07, 6.45) is 0.0216. The van der Waals surface area contributed by atoms with E-state index in [9.17, 15) is 18.4 Å². The largest absolute Gasteiger partial charge is 0.366 e. The minimum atomic E-state index is -0.325. The zero-order chi connectivity index (χ0) is 22.5. The number of H-pyrrole nitrogens is 1. The normalized spacial score (nSPS) is 13.9. The molecule has 0 aliphatic carbocycles. The highest BCUT2D eigenvalue weighted by atomic mass is 32.2. The number of nitrogens with zero attached hydrogens (tertiary/aromatic N) is 3. The predicted octanol–water partition coefficient (Wildman–Crippen LogP) is 3.23. The highest BCUT2D eigenvalue weighted by Crippen LogP contribution is 2.21. The maximum Gasteiger partial charge on any atom is 0.251 e. The van der Waals surface area contributed by atoms with Crippen molar-refractivity contribution >= 4 is 23.4 Å². The number of thioether (sulfide) groups is 1. The lowest BCUT2D eigenvalue weighted by molar-refractivity contribution is -0.130. The van der Waals surface area contributed by atoms with Crippen molar-refractivity contribution in [2.24, 2.45) is 0 Å². The van der Waals surface area contributed by atoms with Crippen LogP contribution in [0.15, 0.2) is 64.5 Å². The number of aromatic nitrogens is 2. The van der Waals surface area contributed by atoms with Crippen molar-refractivity contribution in [2.45, 2.75) is 17.3 Å². The lowest BCUT2D eigenvalue weighted by atomic mass is 10.2. The van der Waals surface area contributed by atoms with Gasteiger partial charge < -0.3 is 14.8 Å². The van der Waals surface area contributed by atoms with Crippen molar-refractivity contribution < 1.29 is 13.6 Å². The van der Waals surface area contributed by atoms with Gasteiger partial charge in [0.15, 0.2) is 5.16 Å². The second-order valence-corrected chi connectivity index (χ2v) is 8.42. The number of aromatic amines is 1. The molecule has 1 aromatic heterocycles. The van der Waals surface area contributed by atoms with Crippen LogP contribution in [0.25, 0.3) is 0 Å². The fourth-order valence-corrected chi connectivity index (χ4v) is 4.40. The zero-order valence-electron chi connectivity index (χ0n) is 17.3. The summed E-state index contributed by atoms with van der Waals surface area (Å²) in [6, 6.07) is 14.0. The fourth-order valence-electron chi connectivity index (χ4n) is 3.55. The number of benzene rings is 2. The van der Waals surface area contributed by atoms with Crippen LogP contribution in [0.4, 0.5) is 14.5 Å². The number of carbonyl (C=O) groups excluding carboxylic acids is 1. The molecule has 1 amide bonds. The molecule has 9 heteroatoms. The zero-order valence-corrected chi connectivity index (χ0v) is 18.1. The van der Waals surface area contributed by atoms with E-state index in [0.717, 1.165) is 5.56 Å². The van der Waals surface area contributed by atoms with E-state index in [1.54, 1.807) is 35.2 Å². The summed E-state index contributed by atoms with van der Waals surface area (Å²) >= 11 is 1.31. The maximum atomic E-state index is 14.0. The van der Waals surface area contributed by atoms with Gasteiger partial charge >= 0.3 is 0 Å². The van der Waals surface area contributed by atoms with Crippen LogP contribution in [0.2, 0.25) is 0 Å². The molecule has 1 fully saturated rings. The number of nitrogens with one attached hydrogen (secondary N) is 1. The summed E-state index contributed by atoms with van der Waals surface area (Å²) in [4.78, 5) is 35.5. The molecule has 32 heavy (non-hydrogen) atoms. The monoisotopic (exact) mass is 456 g/mol. The molecule has 3 aromatic rings. The second-order valence-electron chi connectivity index (χ2n) is 7.45. The topological polar surface area (TPSA) is 69.3 Å². The molecule has 1 aliphatic heterocycles. The Morgan fingerprint density at radius 1 is 1.03 bits per heavy atom. The lowest BCUT2D eigenvalue weighted by Gasteiger charge is -2.36. The van der Waals surface area contributed by atoms with E-state index in [0.29, 0.717) is 48.5 Å². The van der Waals surface area contributed by atoms with E-state index < -0.39 is 0 Å². The number of amides is 1. The van der Waals surface area contributed by atoms with Crippen molar-refractivity contribution in [1.82, 2.24) is 14.9 Å². The van der Waals surface area contributed by atoms with Crippen LogP contribution in [-0.2, 0) is 17.0 Å². The molecule has 0 spiro atoms. The van der Waals surface area contributed by atoms with Crippen LogP contribution in [0.5, 0.6) is 0 Å². The molecule has 1 N–H and O–H groups in total. The summed E-state index contributed by atoms with van der Waals surface area (Å²) in [7, 11) is 0. The number of anilines is 1. The molecule has 1 saturated heterocycles. The van der Waals surface area contributed by atoms with Gasteiger partial charge in [0.25, 0.3) is 5.56 Å². The molecule has 6 nitrogen and oxygen atoms in total. The van der Waals surface area contributed by atoms with Crippen molar-refractivity contribution in [2.75, 3.05) is 31.1 Å². The van der Waals surface area contributed by atoms with Gasteiger partial charge in [0.2, 0.25) is 5.91 Å². The summed E-state index contributed by atoms with van der Waals surface area (Å²) < 4.78 is 27.0. The molecule has 2 aromatic carbocycles. The fraction of sp³-hybridized carbons (Fsp3) is 0.261. The number of hydrogen-bond donors (Lipinski definition) is 1. The van der Waals surface area contributed by atoms with Gasteiger partial charge in [-0.3, -0.25) is 9.59 Å². The van der Waals surface area contributed by atoms with Crippen LogP contribution in [-0.4, -0.2) is 47.0 Å². The van der Waals surface area contributed by atoms with Gasteiger partial charge in [-0.05, 0) is 29.8 Å². The summed E-state index contributed by atoms with van der Waals surface area (Å²) in [5.41, 5.74) is 1.51. The summed E-state index contributed by atoms with van der Waals surface area (Å²) in [6.45, 7) is 2.02. The van der Waals surface area contributed by atoms with Gasteiger partial charge in [-0.1, -0.05) is 36.0 Å². The standard InChI is InChI=1S/C23H22F2N4O2S/c24-17-7-5-16(6-8-17)15-32-23-26-18(13-21(30)27-23)14-22(31)29-11-9-28(10-12-29)20-4-2-1-3-19(20)25/h1-8,13H,9-12,14-15H2,(H,26,27,30). The molecular formula is C23H22F2N4O2S. The van der Waals surface area contributed by atoms with Crippen molar-refractivity contribution in [1.29, 1.82) is 0 Å². The Morgan fingerprint density at radius 3 is 2.47 bits per heavy atom. The highest BCUT2D eigenvalue weighted by Gasteiger charge is 2.23. The molecule has 0 bridgehead atoms. The molecule has 0 atom stereocenters. The number of hydrogen-bond acceptors (Lipinski definition) is 5. The Hall–Kier alpha value is -3.20. The van der Waals surface area contributed by atoms with E-state index >= 15 is 0 Å². The molecule has 166 valence electrons. The van der Waals surface area contributed by atoms with E-state index in [4.69, 9.17) is 0 Å². The number of halogens is 2. The van der Waals surface area contributed by atoms with E-state index in [2.05, 4.69) is 9.97 Å². The number of rotatable bonds is 6. The average molecular weight is 457 g/mol. The highest BCUT2D eigenvalue weighted by molar-refractivity contribution is 7.98. The Morgan fingerprint density at radius 2 is 1.75 bits per heavy atom. The van der Waals surface area contributed by atoms with Crippen molar-refractivity contribution in [3.63, 3.8) is 0 Å². The Kier molecular flexibility index (Phi) is 6.84. The summed E-state index contributed by atoms with van der Waals surface area (Å²) in [5.74, 6) is -0.185. The first-order chi connectivity index (χ1) is 15.5. The van der Waals surface area contributed by atoms with Crippen LogP contribution in [0.3, 0.4) is 0 Å². The maximum absolute atomic E-state index is 14.0. The molecule has 0 unspecified atom stereocenters. The smallest absolute Gasteiger partial charge is 0.251 e. The Labute approximate surface area is 188 Å². The van der Waals surface area contributed by atoms with Gasteiger partial charge in [-0.15, -0.1) is 0 Å². The molecule has 1 aliphatic rings. The van der Waals surface area contributed by atoms with Crippen LogP contribution >= 0.6 is 11.8 Å². The summed E-state index contributed by atoms with van der Waals surface area (Å²) in [5, 5.41) is 0.411. The number of piperazine rings is 1. The lowest BCUT2D eigenvalue weighted by Crippen LogP contribution is -2.49. The van der Waals surface area contributed by atoms with Crippen molar-refractivity contribution in [3.8, 4) is 0 Å². The van der Waals surface area contributed by atoms with Gasteiger partial charge in [-0.2, -0.15) is 0 Å². The SMILES string of the molecule is O=C(Cc1cc(=O)[nH]c(SCc2ccc(F)cc2)n1)N1CCN(c2ccccc2F)CC1. The average Bonchev–Trinajstić information content (AvgIpc) is 2.79. The third-order valence-corrected chi connectivity index (χ3v) is 6.16. The van der Waals surface area contributed by atoms with Gasteiger partial charge in [-0.25, -0.2) is 13.8 Å². The van der Waals surface area contributed by atoms with E-state index in [1.807, 2.05) is 4.90 Å². The molecular weight excluding hydrogens is 434 g/mol. The minimum Gasteiger partial charge on any atom is -0.366 e. The van der Waals surface area contributed by atoms with Gasteiger partial charge in [0.05, 0.1) is 17.8 Å². The van der Waals surface area contributed by atoms with Crippen LogP contribution in [0.1, 0.15) is 11.3 Å². The molecule has 0 saturated carbocycles. The first-order valence-electron chi connectivity index (χ1n) is 10.2. The molecule has 2 heterocycles. The predicted molar refractivity (Wildman–Crippen MR) is 120 cm³/mol. The molecule has 4 rings (SSSR count). The number of para-hydroxylation sites is 1. The van der Waals surface area contributed by atoms with Crippen LogP contribution in [0, 0.1) is 11.6 Å². The second kappa shape index (κ2) is 9.95. The first kappa shape index (κ1) is 22.0. The van der Waals surface area contributed by atoms with E-state index in [1.165, 1.54) is 36.0 Å². The first-order valence-corrected chi connectivity index (χ1v) is 11.2. The van der Waals surface area contributed by atoms with E-state index in [-0.39, 0.29) is 29.5 Å². The quantitative estimate of drug-likeness (QED) is 0.456. The van der Waals surface area contributed by atoms with Gasteiger partial charge in [0.1, 0.15) is 11.6 Å². The van der Waals surface area contributed by atoms with Crippen molar-refractivity contribution in [3.05, 3.63) is 87.8 Å². The van der Waals surface area contributed by atoms with Crippen LogP contribution < -0.4 is 10.5 Å². The van der Waals surface area contributed by atoms with Gasteiger partial charge in [0, 0.05) is 38.0 Å². The molecule has 0 radical (unpaired) electrons. The third kappa shape index (κ3) is 5.53. The Bertz CT molecular complexity index is 1150. The third-order valence-electron chi connectivity index (χ3n) is 5.22. The number of carbonyl (C=O) groups is 1. The Balaban J connectivity index is 1.34.